The summed E-state index contributed by atoms with van der Waals surface area (Å²) in [6, 6.07) is 15.1. The molecule has 0 spiro atoms. The average Bonchev–Trinajstić information content (AvgIpc) is 3.04. The quantitative estimate of drug-likeness (QED) is 0.710. The van der Waals surface area contributed by atoms with Gasteiger partial charge in [0.25, 0.3) is 5.91 Å². The third-order valence-electron chi connectivity index (χ3n) is 3.76. The van der Waals surface area contributed by atoms with E-state index >= 15 is 0 Å². The molecule has 3 aromatic rings. The zero-order valence-corrected chi connectivity index (χ0v) is 15.0. The standard InChI is InChI=1S/C18H18N4O2S/c1-12-17(18(23)19-13-7-9-15(24-2)10-8-13)20-21-22(12)14-5-4-6-16(11-14)25-3/h4-11H,1-3H3,(H,19,23). The van der Waals surface area contributed by atoms with Crippen LogP contribution in [0.2, 0.25) is 0 Å². The molecule has 0 aliphatic heterocycles. The lowest BCUT2D eigenvalue weighted by Gasteiger charge is -2.07. The Morgan fingerprint density at radius 2 is 1.96 bits per heavy atom. The fourth-order valence-electron chi connectivity index (χ4n) is 2.39. The van der Waals surface area contributed by atoms with Gasteiger partial charge >= 0.3 is 0 Å². The van der Waals surface area contributed by atoms with Gasteiger partial charge in [-0.3, -0.25) is 4.79 Å². The molecule has 25 heavy (non-hydrogen) atoms. The molecule has 0 unspecified atom stereocenters. The van der Waals surface area contributed by atoms with Crippen LogP contribution in [0.25, 0.3) is 5.69 Å². The number of rotatable bonds is 5. The third kappa shape index (κ3) is 3.66. The van der Waals surface area contributed by atoms with Crippen LogP contribution in [0.1, 0.15) is 16.2 Å². The van der Waals surface area contributed by atoms with Crippen molar-refractivity contribution >= 4 is 23.4 Å². The summed E-state index contributed by atoms with van der Waals surface area (Å²) in [7, 11) is 1.60. The molecule has 0 bridgehead atoms. The van der Waals surface area contributed by atoms with Gasteiger partial charge in [0.2, 0.25) is 0 Å². The predicted octanol–water partition coefficient (Wildman–Crippen LogP) is 3.56. The number of methoxy groups -OCH3 is 1. The molecule has 2 aromatic carbocycles. The Kier molecular flexibility index (Phi) is 5.04. The minimum Gasteiger partial charge on any atom is -0.497 e. The summed E-state index contributed by atoms with van der Waals surface area (Å²) < 4.78 is 6.78. The Morgan fingerprint density at radius 3 is 2.64 bits per heavy atom. The number of carbonyl (C=O) groups excluding carboxylic acids is 1. The maximum Gasteiger partial charge on any atom is 0.278 e. The summed E-state index contributed by atoms with van der Waals surface area (Å²) in [6.45, 7) is 1.83. The van der Waals surface area contributed by atoms with E-state index in [-0.39, 0.29) is 5.91 Å². The van der Waals surface area contributed by atoms with Gasteiger partial charge in [-0.15, -0.1) is 16.9 Å². The Labute approximate surface area is 150 Å². The fraction of sp³-hybridized carbons (Fsp3) is 0.167. The number of thioether (sulfide) groups is 1. The highest BCUT2D eigenvalue weighted by Crippen LogP contribution is 2.20. The van der Waals surface area contributed by atoms with Crippen molar-refractivity contribution in [3.05, 3.63) is 59.9 Å². The number of nitrogens with one attached hydrogen (secondary N) is 1. The van der Waals surface area contributed by atoms with Gasteiger partial charge in [-0.25, -0.2) is 4.68 Å². The molecular weight excluding hydrogens is 336 g/mol. The van der Waals surface area contributed by atoms with Crippen molar-refractivity contribution in [3.8, 4) is 11.4 Å². The molecule has 0 radical (unpaired) electrons. The second-order valence-electron chi connectivity index (χ2n) is 5.32. The van der Waals surface area contributed by atoms with Gasteiger partial charge in [0.05, 0.1) is 18.5 Å². The number of benzene rings is 2. The van der Waals surface area contributed by atoms with E-state index in [4.69, 9.17) is 4.74 Å². The minimum atomic E-state index is -0.296. The highest BCUT2D eigenvalue weighted by Gasteiger charge is 2.17. The lowest BCUT2D eigenvalue weighted by molar-refractivity contribution is 0.102. The average molecular weight is 354 g/mol. The second kappa shape index (κ2) is 7.40. The van der Waals surface area contributed by atoms with Crippen molar-refractivity contribution in [2.45, 2.75) is 11.8 Å². The van der Waals surface area contributed by atoms with Gasteiger partial charge in [0, 0.05) is 10.6 Å². The van der Waals surface area contributed by atoms with Crippen LogP contribution in [0.15, 0.2) is 53.4 Å². The first-order chi connectivity index (χ1) is 12.1. The van der Waals surface area contributed by atoms with Crippen LogP contribution in [-0.2, 0) is 0 Å². The molecule has 0 aliphatic carbocycles. The number of ether oxygens (including phenoxy) is 1. The maximum atomic E-state index is 12.5. The zero-order chi connectivity index (χ0) is 17.8. The van der Waals surface area contributed by atoms with E-state index in [9.17, 15) is 4.79 Å². The van der Waals surface area contributed by atoms with E-state index in [0.29, 0.717) is 17.1 Å². The van der Waals surface area contributed by atoms with Crippen LogP contribution in [-0.4, -0.2) is 34.3 Å². The van der Waals surface area contributed by atoms with Crippen molar-refractivity contribution in [2.75, 3.05) is 18.7 Å². The molecule has 0 aliphatic rings. The monoisotopic (exact) mass is 354 g/mol. The normalized spacial score (nSPS) is 10.5. The number of amides is 1. The molecule has 3 rings (SSSR count). The van der Waals surface area contributed by atoms with Gasteiger partial charge in [-0.2, -0.15) is 0 Å². The summed E-state index contributed by atoms with van der Waals surface area (Å²) >= 11 is 1.65. The van der Waals surface area contributed by atoms with Crippen molar-refractivity contribution in [1.82, 2.24) is 15.0 Å². The van der Waals surface area contributed by atoms with Crippen LogP contribution < -0.4 is 10.1 Å². The first-order valence-corrected chi connectivity index (χ1v) is 8.87. The van der Waals surface area contributed by atoms with E-state index in [1.54, 1.807) is 47.8 Å². The molecule has 0 saturated carbocycles. The van der Waals surface area contributed by atoms with Gasteiger partial charge in [-0.1, -0.05) is 11.3 Å². The van der Waals surface area contributed by atoms with Gasteiger partial charge in [0.15, 0.2) is 5.69 Å². The highest BCUT2D eigenvalue weighted by atomic mass is 32.2. The fourth-order valence-corrected chi connectivity index (χ4v) is 2.84. The molecule has 0 saturated heterocycles. The summed E-state index contributed by atoms with van der Waals surface area (Å²) in [5, 5.41) is 11.0. The van der Waals surface area contributed by atoms with Crippen LogP contribution >= 0.6 is 11.8 Å². The van der Waals surface area contributed by atoms with E-state index in [2.05, 4.69) is 15.6 Å². The molecule has 7 heteroatoms. The van der Waals surface area contributed by atoms with E-state index < -0.39 is 0 Å². The first kappa shape index (κ1) is 17.0. The Bertz CT molecular complexity index is 890. The zero-order valence-electron chi connectivity index (χ0n) is 14.2. The van der Waals surface area contributed by atoms with Crippen LogP contribution in [0.5, 0.6) is 5.75 Å². The molecule has 1 amide bonds. The summed E-state index contributed by atoms with van der Waals surface area (Å²) in [5.41, 5.74) is 2.53. The smallest absolute Gasteiger partial charge is 0.278 e. The first-order valence-electron chi connectivity index (χ1n) is 7.64. The van der Waals surface area contributed by atoms with Crippen molar-refractivity contribution < 1.29 is 9.53 Å². The molecule has 128 valence electrons. The largest absolute Gasteiger partial charge is 0.497 e. The Hall–Kier alpha value is -2.80. The molecule has 1 N–H and O–H groups in total. The number of aromatic nitrogens is 3. The molecule has 0 atom stereocenters. The molecule has 1 heterocycles. The Balaban J connectivity index is 1.83. The summed E-state index contributed by atoms with van der Waals surface area (Å²) in [6.07, 6.45) is 2.01. The Morgan fingerprint density at radius 1 is 1.20 bits per heavy atom. The minimum absolute atomic E-state index is 0.296. The number of anilines is 1. The lowest BCUT2D eigenvalue weighted by Crippen LogP contribution is -2.14. The van der Waals surface area contributed by atoms with E-state index in [1.807, 2.05) is 37.4 Å². The molecule has 0 fully saturated rings. The van der Waals surface area contributed by atoms with Crippen LogP contribution in [0.3, 0.4) is 0 Å². The van der Waals surface area contributed by atoms with Gasteiger partial charge in [-0.05, 0) is 55.6 Å². The molecule has 1 aromatic heterocycles. The van der Waals surface area contributed by atoms with Gasteiger partial charge in [0.1, 0.15) is 5.75 Å². The maximum absolute atomic E-state index is 12.5. The predicted molar refractivity (Wildman–Crippen MR) is 98.8 cm³/mol. The number of hydrogen-bond acceptors (Lipinski definition) is 5. The molecule has 6 nitrogen and oxygen atoms in total. The number of carbonyl (C=O) groups is 1. The number of nitrogens with zero attached hydrogens (tertiary/aromatic N) is 3. The highest BCUT2D eigenvalue weighted by molar-refractivity contribution is 7.98. The lowest BCUT2D eigenvalue weighted by atomic mass is 10.2. The van der Waals surface area contributed by atoms with Crippen molar-refractivity contribution in [3.63, 3.8) is 0 Å². The SMILES string of the molecule is COc1ccc(NC(=O)c2nnn(-c3cccc(SC)c3)c2C)cc1. The van der Waals surface area contributed by atoms with Crippen molar-refractivity contribution in [1.29, 1.82) is 0 Å². The van der Waals surface area contributed by atoms with E-state index in [1.165, 1.54) is 0 Å². The van der Waals surface area contributed by atoms with Crippen LogP contribution in [0.4, 0.5) is 5.69 Å². The second-order valence-corrected chi connectivity index (χ2v) is 6.20. The third-order valence-corrected chi connectivity index (χ3v) is 4.48. The van der Waals surface area contributed by atoms with Crippen LogP contribution in [0, 0.1) is 6.92 Å². The topological polar surface area (TPSA) is 69.0 Å². The summed E-state index contributed by atoms with van der Waals surface area (Å²) in [4.78, 5) is 13.6. The van der Waals surface area contributed by atoms with Gasteiger partial charge < -0.3 is 10.1 Å². The van der Waals surface area contributed by atoms with E-state index in [0.717, 1.165) is 16.3 Å². The number of hydrogen-bond donors (Lipinski definition) is 1. The van der Waals surface area contributed by atoms with Crippen molar-refractivity contribution in [2.24, 2.45) is 0 Å². The summed E-state index contributed by atoms with van der Waals surface area (Å²) in [5.74, 6) is 0.434. The molecular formula is C18H18N4O2S.